The monoisotopic (exact) mass is 229 g/mol. The van der Waals surface area contributed by atoms with Crippen LogP contribution in [0, 0.1) is 5.92 Å². The summed E-state index contributed by atoms with van der Waals surface area (Å²) in [6.45, 7) is 0. The SMILES string of the molecule is CNC(CC1CCC(N)(C(=O)O)C1)C(N)=O. The van der Waals surface area contributed by atoms with Gasteiger partial charge in [-0.3, -0.25) is 9.59 Å². The van der Waals surface area contributed by atoms with Gasteiger partial charge in [0.1, 0.15) is 5.54 Å². The molecule has 0 bridgehead atoms. The highest BCUT2D eigenvalue weighted by atomic mass is 16.4. The molecule has 1 fully saturated rings. The van der Waals surface area contributed by atoms with Crippen LogP contribution < -0.4 is 16.8 Å². The van der Waals surface area contributed by atoms with Gasteiger partial charge in [-0.2, -0.15) is 0 Å². The van der Waals surface area contributed by atoms with Crippen LogP contribution in [0.3, 0.4) is 0 Å². The largest absolute Gasteiger partial charge is 0.480 e. The molecule has 6 N–H and O–H groups in total. The summed E-state index contributed by atoms with van der Waals surface area (Å²) in [6.07, 6.45) is 2.16. The van der Waals surface area contributed by atoms with Gasteiger partial charge in [0, 0.05) is 0 Å². The van der Waals surface area contributed by atoms with Crippen LogP contribution in [-0.2, 0) is 9.59 Å². The summed E-state index contributed by atoms with van der Waals surface area (Å²) in [5.74, 6) is -1.23. The van der Waals surface area contributed by atoms with Crippen molar-refractivity contribution in [2.24, 2.45) is 17.4 Å². The lowest BCUT2D eigenvalue weighted by Crippen LogP contribution is -2.46. The van der Waals surface area contributed by atoms with E-state index in [4.69, 9.17) is 16.6 Å². The topological polar surface area (TPSA) is 118 Å². The molecule has 1 saturated carbocycles. The Kier molecular flexibility index (Phi) is 3.88. The molecule has 0 aromatic rings. The summed E-state index contributed by atoms with van der Waals surface area (Å²) in [7, 11) is 1.66. The van der Waals surface area contributed by atoms with Crippen LogP contribution in [0.1, 0.15) is 25.7 Å². The summed E-state index contributed by atoms with van der Waals surface area (Å²) >= 11 is 0. The van der Waals surface area contributed by atoms with Gasteiger partial charge in [-0.1, -0.05) is 0 Å². The predicted molar refractivity (Wildman–Crippen MR) is 58.6 cm³/mol. The molecule has 1 rings (SSSR count). The first-order valence-corrected chi connectivity index (χ1v) is 5.38. The fourth-order valence-corrected chi connectivity index (χ4v) is 2.29. The minimum absolute atomic E-state index is 0.144. The number of likely N-dealkylation sites (N-methyl/N-ethyl adjacent to an activating group) is 1. The third-order valence-electron chi connectivity index (χ3n) is 3.34. The van der Waals surface area contributed by atoms with Crippen LogP contribution in [0.5, 0.6) is 0 Å². The highest BCUT2D eigenvalue weighted by molar-refractivity contribution is 5.80. The van der Waals surface area contributed by atoms with Crippen LogP contribution in [-0.4, -0.2) is 35.6 Å². The number of rotatable bonds is 5. The van der Waals surface area contributed by atoms with E-state index in [2.05, 4.69) is 5.32 Å². The average molecular weight is 229 g/mol. The van der Waals surface area contributed by atoms with Crippen molar-refractivity contribution in [2.75, 3.05) is 7.05 Å². The minimum atomic E-state index is -1.12. The van der Waals surface area contributed by atoms with E-state index in [1.165, 1.54) is 0 Å². The number of aliphatic carboxylic acids is 1. The summed E-state index contributed by atoms with van der Waals surface area (Å²) in [6, 6.07) is -0.402. The Bertz CT molecular complexity index is 295. The van der Waals surface area contributed by atoms with Gasteiger partial charge in [0.2, 0.25) is 5.91 Å². The van der Waals surface area contributed by atoms with Gasteiger partial charge in [0.15, 0.2) is 0 Å². The van der Waals surface area contributed by atoms with E-state index in [1.807, 2.05) is 0 Å². The number of nitrogens with two attached hydrogens (primary N) is 2. The smallest absolute Gasteiger partial charge is 0.323 e. The van der Waals surface area contributed by atoms with Crippen molar-refractivity contribution in [3.05, 3.63) is 0 Å². The molecule has 1 aliphatic carbocycles. The van der Waals surface area contributed by atoms with Crippen molar-refractivity contribution < 1.29 is 14.7 Å². The standard InChI is InChI=1S/C10H19N3O3/c1-13-7(8(11)14)4-6-2-3-10(12,5-6)9(15)16/h6-7,13H,2-5,12H2,1H3,(H2,11,14)(H,15,16). The first-order chi connectivity index (χ1) is 7.39. The van der Waals surface area contributed by atoms with E-state index in [-0.39, 0.29) is 5.92 Å². The Morgan fingerprint density at radius 2 is 2.25 bits per heavy atom. The van der Waals surface area contributed by atoms with Crippen molar-refractivity contribution in [3.63, 3.8) is 0 Å². The molecule has 92 valence electrons. The Balaban J connectivity index is 2.54. The lowest BCUT2D eigenvalue weighted by Gasteiger charge is -2.20. The van der Waals surface area contributed by atoms with E-state index in [0.717, 1.165) is 6.42 Å². The maximum absolute atomic E-state index is 11.0. The first-order valence-electron chi connectivity index (χ1n) is 5.38. The number of carbonyl (C=O) groups is 2. The number of carbonyl (C=O) groups excluding carboxylic acids is 1. The van der Waals surface area contributed by atoms with E-state index >= 15 is 0 Å². The molecule has 1 aliphatic rings. The predicted octanol–water partition coefficient (Wildman–Crippen LogP) is -0.968. The quantitative estimate of drug-likeness (QED) is 0.484. The fourth-order valence-electron chi connectivity index (χ4n) is 2.29. The number of hydrogen-bond acceptors (Lipinski definition) is 4. The number of amides is 1. The minimum Gasteiger partial charge on any atom is -0.480 e. The summed E-state index contributed by atoms with van der Waals surface area (Å²) < 4.78 is 0. The molecule has 0 aromatic heterocycles. The zero-order valence-electron chi connectivity index (χ0n) is 9.40. The van der Waals surface area contributed by atoms with Crippen LogP contribution in [0.25, 0.3) is 0 Å². The average Bonchev–Trinajstić information content (AvgIpc) is 2.57. The van der Waals surface area contributed by atoms with E-state index in [1.54, 1.807) is 7.05 Å². The second-order valence-electron chi connectivity index (χ2n) is 4.55. The number of carboxylic acid groups (broad SMARTS) is 1. The molecular formula is C10H19N3O3. The highest BCUT2D eigenvalue weighted by Gasteiger charge is 2.42. The number of hydrogen-bond donors (Lipinski definition) is 4. The Labute approximate surface area is 94.4 Å². The van der Waals surface area contributed by atoms with Crippen LogP contribution in [0.15, 0.2) is 0 Å². The summed E-state index contributed by atoms with van der Waals surface area (Å²) in [5.41, 5.74) is 9.83. The Hall–Kier alpha value is -1.14. The van der Waals surface area contributed by atoms with Gasteiger partial charge in [-0.15, -0.1) is 0 Å². The lowest BCUT2D eigenvalue weighted by molar-refractivity contribution is -0.143. The van der Waals surface area contributed by atoms with Gasteiger partial charge in [-0.05, 0) is 38.6 Å². The molecule has 1 amide bonds. The zero-order valence-corrected chi connectivity index (χ0v) is 9.40. The Morgan fingerprint density at radius 1 is 1.62 bits per heavy atom. The third kappa shape index (κ3) is 2.70. The number of nitrogens with one attached hydrogen (secondary N) is 1. The molecular weight excluding hydrogens is 210 g/mol. The summed E-state index contributed by atoms with van der Waals surface area (Å²) in [5, 5.41) is 11.8. The molecule has 0 spiro atoms. The van der Waals surface area contributed by atoms with Crippen LogP contribution in [0.4, 0.5) is 0 Å². The normalized spacial score (nSPS) is 31.2. The summed E-state index contributed by atoms with van der Waals surface area (Å²) in [4.78, 5) is 22.0. The van der Waals surface area contributed by atoms with Crippen LogP contribution in [0.2, 0.25) is 0 Å². The van der Waals surface area contributed by atoms with Crippen molar-refractivity contribution in [1.29, 1.82) is 0 Å². The van der Waals surface area contributed by atoms with Gasteiger partial charge in [-0.25, -0.2) is 0 Å². The maximum atomic E-state index is 11.0. The molecule has 0 aliphatic heterocycles. The van der Waals surface area contributed by atoms with E-state index in [9.17, 15) is 9.59 Å². The Morgan fingerprint density at radius 3 is 2.62 bits per heavy atom. The zero-order chi connectivity index (χ0) is 12.3. The first kappa shape index (κ1) is 12.9. The molecule has 0 saturated heterocycles. The van der Waals surface area contributed by atoms with Gasteiger partial charge in [0.25, 0.3) is 0 Å². The second kappa shape index (κ2) is 4.80. The lowest BCUT2D eigenvalue weighted by atomic mass is 9.93. The molecule has 3 atom stereocenters. The second-order valence-corrected chi connectivity index (χ2v) is 4.55. The van der Waals surface area contributed by atoms with E-state index in [0.29, 0.717) is 19.3 Å². The molecule has 0 aromatic carbocycles. The molecule has 6 nitrogen and oxygen atoms in total. The number of carboxylic acids is 1. The van der Waals surface area contributed by atoms with Crippen molar-refractivity contribution in [2.45, 2.75) is 37.3 Å². The van der Waals surface area contributed by atoms with Gasteiger partial charge < -0.3 is 21.9 Å². The van der Waals surface area contributed by atoms with Gasteiger partial charge >= 0.3 is 5.97 Å². The van der Waals surface area contributed by atoms with Crippen molar-refractivity contribution >= 4 is 11.9 Å². The molecule has 3 unspecified atom stereocenters. The molecule has 6 heteroatoms. The molecule has 16 heavy (non-hydrogen) atoms. The fraction of sp³-hybridized carbons (Fsp3) is 0.800. The number of primary amides is 1. The van der Waals surface area contributed by atoms with Crippen LogP contribution >= 0.6 is 0 Å². The highest BCUT2D eigenvalue weighted by Crippen LogP contribution is 2.35. The molecule has 0 heterocycles. The third-order valence-corrected chi connectivity index (χ3v) is 3.34. The maximum Gasteiger partial charge on any atom is 0.323 e. The van der Waals surface area contributed by atoms with E-state index < -0.39 is 23.5 Å². The van der Waals surface area contributed by atoms with Gasteiger partial charge in [0.05, 0.1) is 6.04 Å². The van der Waals surface area contributed by atoms with Crippen molar-refractivity contribution in [1.82, 2.24) is 5.32 Å². The molecule has 0 radical (unpaired) electrons. The van der Waals surface area contributed by atoms with Crippen molar-refractivity contribution in [3.8, 4) is 0 Å².